The third-order valence-corrected chi connectivity index (χ3v) is 5.44. The number of carbonyl (C=O) groups excluding carboxylic acids is 2. The molecule has 2 aromatic rings. The minimum absolute atomic E-state index is 0.171. The molecule has 2 aliphatic rings. The highest BCUT2D eigenvalue weighted by atomic mass is 32.1. The van der Waals surface area contributed by atoms with Crippen molar-refractivity contribution < 1.29 is 19.1 Å². The third-order valence-electron chi connectivity index (χ3n) is 4.47. The molecule has 1 aromatic heterocycles. The normalized spacial score (nSPS) is 18.7. The summed E-state index contributed by atoms with van der Waals surface area (Å²) in [6, 6.07) is 8.91. The summed E-state index contributed by atoms with van der Waals surface area (Å²) in [6.45, 7) is 1.24. The number of rotatable bonds is 4. The van der Waals surface area contributed by atoms with Gasteiger partial charge < -0.3 is 14.8 Å². The van der Waals surface area contributed by atoms with Gasteiger partial charge in [-0.05, 0) is 43.0 Å². The molecule has 3 amide bonds. The van der Waals surface area contributed by atoms with Crippen molar-refractivity contribution in [2.24, 2.45) is 0 Å². The molecule has 136 valence electrons. The average molecular weight is 373 g/mol. The van der Waals surface area contributed by atoms with Gasteiger partial charge in [0.25, 0.3) is 0 Å². The van der Waals surface area contributed by atoms with Crippen molar-refractivity contribution in [1.82, 2.24) is 10.2 Å². The van der Waals surface area contributed by atoms with E-state index in [4.69, 9.17) is 9.47 Å². The van der Waals surface area contributed by atoms with Gasteiger partial charge in [-0.1, -0.05) is 6.07 Å². The van der Waals surface area contributed by atoms with E-state index in [9.17, 15) is 9.59 Å². The van der Waals surface area contributed by atoms with Gasteiger partial charge in [-0.2, -0.15) is 0 Å². The molecule has 1 aromatic carbocycles. The van der Waals surface area contributed by atoms with Gasteiger partial charge in [0, 0.05) is 22.7 Å². The highest BCUT2D eigenvalue weighted by Crippen LogP contribution is 2.35. The van der Waals surface area contributed by atoms with Gasteiger partial charge >= 0.3 is 6.03 Å². The molecular formula is C18H19N3O4S. The topological polar surface area (TPSA) is 79.9 Å². The number of imide groups is 1. The number of anilines is 1. The molecule has 1 saturated heterocycles. The fraction of sp³-hybridized carbons (Fsp3) is 0.333. The van der Waals surface area contributed by atoms with Crippen LogP contribution in [0.5, 0.6) is 11.5 Å². The van der Waals surface area contributed by atoms with Crippen molar-refractivity contribution in [3.8, 4) is 11.5 Å². The Hall–Kier alpha value is -2.58. The molecule has 2 N–H and O–H groups in total. The van der Waals surface area contributed by atoms with Gasteiger partial charge in [-0.25, -0.2) is 4.79 Å². The molecule has 0 radical (unpaired) electrons. The molecule has 7 nitrogen and oxygen atoms in total. The molecular weight excluding hydrogens is 354 g/mol. The SMILES string of the molecule is O=C(CN1CCC[C@@H]1c1cccs1)NC(=O)Nc1ccc2c(c1)OCO2. The smallest absolute Gasteiger partial charge is 0.325 e. The van der Waals surface area contributed by atoms with Crippen LogP contribution in [0.1, 0.15) is 23.8 Å². The van der Waals surface area contributed by atoms with Crippen LogP contribution in [0.3, 0.4) is 0 Å². The van der Waals surface area contributed by atoms with E-state index in [1.807, 2.05) is 11.4 Å². The summed E-state index contributed by atoms with van der Waals surface area (Å²) in [6.07, 6.45) is 2.09. The lowest BCUT2D eigenvalue weighted by Gasteiger charge is -2.22. The van der Waals surface area contributed by atoms with Gasteiger partial charge in [0.05, 0.1) is 6.54 Å². The number of thiophene rings is 1. The first-order valence-corrected chi connectivity index (χ1v) is 9.35. The summed E-state index contributed by atoms with van der Waals surface area (Å²) in [7, 11) is 0. The van der Waals surface area contributed by atoms with Crippen LogP contribution in [0.25, 0.3) is 0 Å². The lowest BCUT2D eigenvalue weighted by atomic mass is 10.2. The maximum atomic E-state index is 12.2. The molecule has 4 rings (SSSR count). The number of nitrogens with zero attached hydrogens (tertiary/aromatic N) is 1. The van der Waals surface area contributed by atoms with Crippen molar-refractivity contribution in [3.05, 3.63) is 40.6 Å². The monoisotopic (exact) mass is 373 g/mol. The highest BCUT2D eigenvalue weighted by molar-refractivity contribution is 7.10. The standard InChI is InChI=1S/C18H19N3O4S/c22-17(10-21-7-1-3-13(21)16-4-2-8-26-16)20-18(23)19-12-5-6-14-15(9-12)25-11-24-14/h2,4-6,8-9,13H,1,3,7,10-11H2,(H2,19,20,22,23)/t13-/m1/s1. The number of hydrogen-bond donors (Lipinski definition) is 2. The van der Waals surface area contributed by atoms with E-state index in [1.54, 1.807) is 29.5 Å². The Morgan fingerprint density at radius 3 is 2.96 bits per heavy atom. The number of carbonyl (C=O) groups is 2. The van der Waals surface area contributed by atoms with Crippen LogP contribution >= 0.6 is 11.3 Å². The summed E-state index contributed by atoms with van der Waals surface area (Å²) in [4.78, 5) is 27.7. The number of benzene rings is 1. The molecule has 0 unspecified atom stereocenters. The van der Waals surface area contributed by atoms with Crippen LogP contribution in [0, 0.1) is 0 Å². The number of ether oxygens (including phenoxy) is 2. The summed E-state index contributed by atoms with van der Waals surface area (Å²) < 4.78 is 10.5. The summed E-state index contributed by atoms with van der Waals surface area (Å²) in [5.41, 5.74) is 0.539. The second-order valence-electron chi connectivity index (χ2n) is 6.21. The molecule has 1 atom stereocenters. The Bertz CT molecular complexity index is 809. The molecule has 0 aliphatic carbocycles. The predicted octanol–water partition coefficient (Wildman–Crippen LogP) is 2.96. The molecule has 1 fully saturated rings. The van der Waals surface area contributed by atoms with Gasteiger partial charge in [-0.3, -0.25) is 15.0 Å². The summed E-state index contributed by atoms with van der Waals surface area (Å²) >= 11 is 1.70. The second kappa shape index (κ2) is 7.35. The molecule has 3 heterocycles. The van der Waals surface area contributed by atoms with Gasteiger partial charge in [0.2, 0.25) is 12.7 Å². The second-order valence-corrected chi connectivity index (χ2v) is 7.19. The van der Waals surface area contributed by atoms with E-state index in [-0.39, 0.29) is 25.3 Å². The minimum atomic E-state index is -0.555. The number of urea groups is 1. The van der Waals surface area contributed by atoms with Crippen molar-refractivity contribution in [2.45, 2.75) is 18.9 Å². The number of likely N-dealkylation sites (tertiary alicyclic amines) is 1. The zero-order valence-corrected chi connectivity index (χ0v) is 14.9. The van der Waals surface area contributed by atoms with E-state index in [1.165, 1.54) is 4.88 Å². The van der Waals surface area contributed by atoms with Crippen molar-refractivity contribution in [1.29, 1.82) is 0 Å². The van der Waals surface area contributed by atoms with Gasteiger partial charge in [0.15, 0.2) is 11.5 Å². The fourth-order valence-electron chi connectivity index (χ4n) is 3.31. The van der Waals surface area contributed by atoms with Crippen molar-refractivity contribution in [3.63, 3.8) is 0 Å². The zero-order chi connectivity index (χ0) is 17.9. The predicted molar refractivity (Wildman–Crippen MR) is 97.6 cm³/mol. The fourth-order valence-corrected chi connectivity index (χ4v) is 4.20. The van der Waals surface area contributed by atoms with Crippen molar-refractivity contribution in [2.75, 3.05) is 25.2 Å². The van der Waals surface area contributed by atoms with Crippen LogP contribution in [0.2, 0.25) is 0 Å². The van der Waals surface area contributed by atoms with Crippen LogP contribution < -0.4 is 20.1 Å². The lowest BCUT2D eigenvalue weighted by molar-refractivity contribution is -0.121. The number of amides is 3. The first-order chi connectivity index (χ1) is 12.7. The van der Waals surface area contributed by atoms with Crippen LogP contribution in [-0.2, 0) is 4.79 Å². The molecule has 0 spiro atoms. The van der Waals surface area contributed by atoms with Crippen LogP contribution in [0.4, 0.5) is 10.5 Å². The number of fused-ring (bicyclic) bond motifs is 1. The molecule has 26 heavy (non-hydrogen) atoms. The lowest BCUT2D eigenvalue weighted by Crippen LogP contribution is -2.41. The first-order valence-electron chi connectivity index (χ1n) is 8.47. The molecule has 2 aliphatic heterocycles. The van der Waals surface area contributed by atoms with E-state index in [2.05, 4.69) is 21.6 Å². The Kier molecular flexibility index (Phi) is 4.77. The van der Waals surface area contributed by atoms with Crippen LogP contribution in [-0.4, -0.2) is 36.7 Å². The third kappa shape index (κ3) is 3.66. The van der Waals surface area contributed by atoms with Gasteiger partial charge in [-0.15, -0.1) is 11.3 Å². The van der Waals surface area contributed by atoms with Crippen molar-refractivity contribution >= 4 is 29.0 Å². The first kappa shape index (κ1) is 16.9. The summed E-state index contributed by atoms with van der Waals surface area (Å²) in [5, 5.41) is 7.08. The van der Waals surface area contributed by atoms with E-state index >= 15 is 0 Å². The maximum absolute atomic E-state index is 12.2. The minimum Gasteiger partial charge on any atom is -0.454 e. The van der Waals surface area contributed by atoms with E-state index < -0.39 is 6.03 Å². The highest BCUT2D eigenvalue weighted by Gasteiger charge is 2.28. The average Bonchev–Trinajstić information content (AvgIpc) is 3.35. The Balaban J connectivity index is 1.31. The van der Waals surface area contributed by atoms with E-state index in [0.29, 0.717) is 17.2 Å². The van der Waals surface area contributed by atoms with E-state index in [0.717, 1.165) is 19.4 Å². The molecule has 0 bridgehead atoms. The maximum Gasteiger partial charge on any atom is 0.325 e. The molecule has 0 saturated carbocycles. The number of hydrogen-bond acceptors (Lipinski definition) is 6. The Labute approximate surface area is 154 Å². The van der Waals surface area contributed by atoms with Crippen LogP contribution in [0.15, 0.2) is 35.7 Å². The largest absolute Gasteiger partial charge is 0.454 e. The Morgan fingerprint density at radius 2 is 2.12 bits per heavy atom. The zero-order valence-electron chi connectivity index (χ0n) is 14.1. The Morgan fingerprint density at radius 1 is 1.23 bits per heavy atom. The summed E-state index contributed by atoms with van der Waals surface area (Å²) in [5.74, 6) is 0.900. The number of nitrogens with one attached hydrogen (secondary N) is 2. The molecule has 8 heteroatoms. The van der Waals surface area contributed by atoms with Gasteiger partial charge in [0.1, 0.15) is 0 Å². The quantitative estimate of drug-likeness (QED) is 0.861.